The molecule has 1 heterocycles. The molecule has 0 bridgehead atoms. The summed E-state index contributed by atoms with van der Waals surface area (Å²) in [5.41, 5.74) is 0.936. The highest BCUT2D eigenvalue weighted by atomic mass is 16.3. The summed E-state index contributed by atoms with van der Waals surface area (Å²) in [6.45, 7) is 1.32. The molecule has 1 N–H and O–H groups in total. The summed E-state index contributed by atoms with van der Waals surface area (Å²) in [7, 11) is 0. The van der Waals surface area contributed by atoms with Crippen LogP contribution in [0, 0.1) is 0 Å². The van der Waals surface area contributed by atoms with Crippen LogP contribution in [0.1, 0.15) is 38.0 Å². The Kier molecular flexibility index (Phi) is 2.83. The molecular formula is C16H11NO4. The van der Waals surface area contributed by atoms with Crippen molar-refractivity contribution in [3.05, 3.63) is 59.2 Å². The molecule has 2 aromatic rings. The van der Waals surface area contributed by atoms with Crippen molar-refractivity contribution in [1.82, 2.24) is 0 Å². The molecular weight excluding hydrogens is 270 g/mol. The fourth-order valence-corrected chi connectivity index (χ4v) is 2.41. The van der Waals surface area contributed by atoms with Gasteiger partial charge in [-0.2, -0.15) is 0 Å². The van der Waals surface area contributed by atoms with Crippen molar-refractivity contribution in [3.8, 4) is 5.75 Å². The van der Waals surface area contributed by atoms with Crippen molar-refractivity contribution in [2.45, 2.75) is 6.92 Å². The number of ketones is 1. The fraction of sp³-hybridized carbons (Fsp3) is 0.0625. The van der Waals surface area contributed by atoms with E-state index in [2.05, 4.69) is 0 Å². The Morgan fingerprint density at radius 1 is 1.00 bits per heavy atom. The molecule has 0 radical (unpaired) electrons. The maximum Gasteiger partial charge on any atom is 0.266 e. The van der Waals surface area contributed by atoms with Crippen molar-refractivity contribution in [2.75, 3.05) is 4.90 Å². The van der Waals surface area contributed by atoms with Crippen LogP contribution in [0.4, 0.5) is 5.69 Å². The summed E-state index contributed by atoms with van der Waals surface area (Å²) in [4.78, 5) is 37.5. The summed E-state index contributed by atoms with van der Waals surface area (Å²) in [5, 5.41) is 9.49. The molecule has 0 spiro atoms. The zero-order valence-electron chi connectivity index (χ0n) is 11.2. The number of aromatic hydroxyl groups is 1. The maximum absolute atomic E-state index is 12.4. The highest BCUT2D eigenvalue weighted by Gasteiger charge is 2.37. The summed E-state index contributed by atoms with van der Waals surface area (Å²) in [6.07, 6.45) is 0. The number of imide groups is 1. The predicted octanol–water partition coefficient (Wildman–Crippen LogP) is 2.40. The van der Waals surface area contributed by atoms with Gasteiger partial charge in [-0.15, -0.1) is 0 Å². The van der Waals surface area contributed by atoms with E-state index in [-0.39, 0.29) is 22.8 Å². The van der Waals surface area contributed by atoms with E-state index in [1.807, 2.05) is 0 Å². The van der Waals surface area contributed by atoms with Crippen LogP contribution in [0.3, 0.4) is 0 Å². The van der Waals surface area contributed by atoms with E-state index >= 15 is 0 Å². The molecule has 2 amide bonds. The van der Waals surface area contributed by atoms with Gasteiger partial charge >= 0.3 is 0 Å². The first kappa shape index (κ1) is 13.1. The molecule has 0 fully saturated rings. The smallest absolute Gasteiger partial charge is 0.266 e. The normalized spacial score (nSPS) is 13.5. The Morgan fingerprint density at radius 3 is 2.10 bits per heavy atom. The lowest BCUT2D eigenvalue weighted by atomic mass is 10.1. The molecule has 5 heteroatoms. The van der Waals surface area contributed by atoms with Crippen LogP contribution >= 0.6 is 0 Å². The SMILES string of the molecule is CC(=O)c1cc(O)ccc1N1C(=O)c2ccccc2C1=O. The molecule has 0 saturated carbocycles. The largest absolute Gasteiger partial charge is 0.508 e. The predicted molar refractivity (Wildman–Crippen MR) is 75.7 cm³/mol. The molecule has 3 rings (SSSR count). The molecule has 104 valence electrons. The lowest BCUT2D eigenvalue weighted by Gasteiger charge is -2.17. The van der Waals surface area contributed by atoms with Crippen LogP contribution in [0.15, 0.2) is 42.5 Å². The van der Waals surface area contributed by atoms with Gasteiger partial charge in [0.2, 0.25) is 0 Å². The topological polar surface area (TPSA) is 74.7 Å². The van der Waals surface area contributed by atoms with Crippen molar-refractivity contribution < 1.29 is 19.5 Å². The highest BCUT2D eigenvalue weighted by Crippen LogP contribution is 2.32. The first-order valence-electron chi connectivity index (χ1n) is 6.32. The van der Waals surface area contributed by atoms with E-state index in [0.29, 0.717) is 11.1 Å². The Balaban J connectivity index is 2.18. The van der Waals surface area contributed by atoms with Gasteiger partial charge in [0, 0.05) is 5.56 Å². The van der Waals surface area contributed by atoms with Crippen molar-refractivity contribution in [1.29, 1.82) is 0 Å². The maximum atomic E-state index is 12.4. The Bertz CT molecular complexity index is 760. The van der Waals surface area contributed by atoms with E-state index in [9.17, 15) is 19.5 Å². The number of amides is 2. The number of rotatable bonds is 2. The molecule has 21 heavy (non-hydrogen) atoms. The number of hydrogen-bond donors (Lipinski definition) is 1. The molecule has 0 aromatic heterocycles. The van der Waals surface area contributed by atoms with Gasteiger partial charge in [0.1, 0.15) is 5.75 Å². The molecule has 2 aromatic carbocycles. The second kappa shape index (κ2) is 4.56. The molecule has 0 atom stereocenters. The van der Waals surface area contributed by atoms with Crippen molar-refractivity contribution in [2.24, 2.45) is 0 Å². The van der Waals surface area contributed by atoms with Gasteiger partial charge in [0.25, 0.3) is 11.8 Å². The van der Waals surface area contributed by atoms with Gasteiger partial charge in [0.15, 0.2) is 5.78 Å². The average Bonchev–Trinajstić information content (AvgIpc) is 2.72. The van der Waals surface area contributed by atoms with Crippen LogP contribution in [0.2, 0.25) is 0 Å². The summed E-state index contributed by atoms with van der Waals surface area (Å²) >= 11 is 0. The summed E-state index contributed by atoms with van der Waals surface area (Å²) in [6, 6.07) is 10.5. The number of phenols is 1. The molecule has 0 aliphatic carbocycles. The number of fused-ring (bicyclic) bond motifs is 1. The zero-order valence-corrected chi connectivity index (χ0v) is 11.2. The van der Waals surface area contributed by atoms with Crippen LogP contribution in [0.5, 0.6) is 5.75 Å². The molecule has 1 aliphatic heterocycles. The molecule has 0 saturated heterocycles. The first-order chi connectivity index (χ1) is 10.0. The second-order valence-electron chi connectivity index (χ2n) is 4.75. The van der Waals surface area contributed by atoms with Gasteiger partial charge in [0.05, 0.1) is 16.8 Å². The quantitative estimate of drug-likeness (QED) is 0.677. The van der Waals surface area contributed by atoms with E-state index < -0.39 is 11.8 Å². The molecule has 0 unspecified atom stereocenters. The van der Waals surface area contributed by atoms with Gasteiger partial charge in [-0.1, -0.05) is 12.1 Å². The van der Waals surface area contributed by atoms with Crippen molar-refractivity contribution >= 4 is 23.3 Å². The summed E-state index contributed by atoms with van der Waals surface area (Å²) < 4.78 is 0. The zero-order chi connectivity index (χ0) is 15.1. The second-order valence-corrected chi connectivity index (χ2v) is 4.75. The van der Waals surface area contributed by atoms with E-state index in [1.165, 1.54) is 25.1 Å². The van der Waals surface area contributed by atoms with Gasteiger partial charge in [-0.05, 0) is 37.3 Å². The first-order valence-corrected chi connectivity index (χ1v) is 6.32. The molecule has 5 nitrogen and oxygen atoms in total. The number of phenolic OH excluding ortho intramolecular Hbond substituents is 1. The Labute approximate surface area is 120 Å². The van der Waals surface area contributed by atoms with Gasteiger partial charge < -0.3 is 5.11 Å². The number of anilines is 1. The van der Waals surface area contributed by atoms with Crippen LogP contribution in [-0.2, 0) is 0 Å². The third-order valence-corrected chi connectivity index (χ3v) is 3.39. The van der Waals surface area contributed by atoms with E-state index in [1.54, 1.807) is 24.3 Å². The standard InChI is InChI=1S/C16H11NO4/c1-9(18)13-8-10(19)6-7-14(13)17-15(20)11-4-2-3-5-12(11)16(17)21/h2-8,19H,1H3. The van der Waals surface area contributed by atoms with Crippen LogP contribution in [0.25, 0.3) is 0 Å². The third kappa shape index (κ3) is 1.90. The molecule has 1 aliphatic rings. The van der Waals surface area contributed by atoms with E-state index in [0.717, 1.165) is 4.90 Å². The van der Waals surface area contributed by atoms with Crippen LogP contribution < -0.4 is 4.90 Å². The third-order valence-electron chi connectivity index (χ3n) is 3.39. The lowest BCUT2D eigenvalue weighted by molar-refractivity contribution is 0.0926. The number of Topliss-reactive ketones (excluding diaryl/α,β-unsaturated/α-hetero) is 1. The van der Waals surface area contributed by atoms with E-state index in [4.69, 9.17) is 0 Å². The minimum Gasteiger partial charge on any atom is -0.508 e. The monoisotopic (exact) mass is 281 g/mol. The minimum absolute atomic E-state index is 0.0967. The number of benzene rings is 2. The van der Waals surface area contributed by atoms with Crippen molar-refractivity contribution in [3.63, 3.8) is 0 Å². The van der Waals surface area contributed by atoms with Crippen LogP contribution in [-0.4, -0.2) is 22.7 Å². The Hall–Kier alpha value is -2.95. The van der Waals surface area contributed by atoms with Gasteiger partial charge in [-0.3, -0.25) is 14.4 Å². The van der Waals surface area contributed by atoms with Gasteiger partial charge in [-0.25, -0.2) is 4.90 Å². The fourth-order valence-electron chi connectivity index (χ4n) is 2.41. The number of carbonyl (C=O) groups excluding carboxylic acids is 3. The number of carbonyl (C=O) groups is 3. The number of nitrogens with zero attached hydrogens (tertiary/aromatic N) is 1. The lowest BCUT2D eigenvalue weighted by Crippen LogP contribution is -2.30. The Morgan fingerprint density at radius 2 is 1.57 bits per heavy atom. The average molecular weight is 281 g/mol. The minimum atomic E-state index is -0.469. The summed E-state index contributed by atoms with van der Waals surface area (Å²) in [5.74, 6) is -1.37. The number of hydrogen-bond acceptors (Lipinski definition) is 4. The highest BCUT2D eigenvalue weighted by molar-refractivity contribution is 6.35.